The van der Waals surface area contributed by atoms with Crippen LogP contribution in [0.15, 0.2) is 55.4 Å². The third-order valence-electron chi connectivity index (χ3n) is 3.65. The number of rotatable bonds is 4. The second kappa shape index (κ2) is 6.04. The van der Waals surface area contributed by atoms with Crippen molar-refractivity contribution < 1.29 is 4.74 Å². The third-order valence-corrected chi connectivity index (χ3v) is 3.65. The molecule has 4 rings (SSSR count). The van der Waals surface area contributed by atoms with Crippen molar-refractivity contribution in [3.8, 4) is 17.0 Å². The van der Waals surface area contributed by atoms with E-state index in [1.165, 1.54) is 6.33 Å². The molecule has 0 unspecified atom stereocenters. The van der Waals surface area contributed by atoms with Crippen LogP contribution in [-0.2, 0) is 6.42 Å². The predicted octanol–water partition coefficient (Wildman–Crippen LogP) is 2.18. The lowest BCUT2D eigenvalue weighted by Crippen LogP contribution is -1.94. The van der Waals surface area contributed by atoms with E-state index in [9.17, 15) is 0 Å². The summed E-state index contributed by atoms with van der Waals surface area (Å²) in [5.74, 6) is 1.56. The van der Waals surface area contributed by atoms with Crippen molar-refractivity contribution in [1.29, 1.82) is 0 Å². The first-order valence-electron chi connectivity index (χ1n) is 7.42. The molecule has 4 aromatic rings. The first-order chi connectivity index (χ1) is 11.8. The molecule has 118 valence electrons. The molecule has 0 aliphatic carbocycles. The molecule has 3 aromatic heterocycles. The second-order valence-electron chi connectivity index (χ2n) is 5.22. The number of hydrogen-bond acceptors (Lipinski definition) is 6. The fourth-order valence-electron chi connectivity index (χ4n) is 2.49. The molecule has 1 aromatic carbocycles. The van der Waals surface area contributed by atoms with E-state index in [-0.39, 0.29) is 0 Å². The van der Waals surface area contributed by atoms with Crippen LogP contribution in [0, 0.1) is 0 Å². The van der Waals surface area contributed by atoms with Crippen molar-refractivity contribution in [2.45, 2.75) is 6.42 Å². The van der Waals surface area contributed by atoms with Gasteiger partial charge in [0.25, 0.3) is 0 Å². The molecule has 0 aliphatic heterocycles. The summed E-state index contributed by atoms with van der Waals surface area (Å²) in [7, 11) is 1.65. The lowest BCUT2D eigenvalue weighted by molar-refractivity contribution is 0.414. The van der Waals surface area contributed by atoms with Gasteiger partial charge >= 0.3 is 0 Å². The minimum absolute atomic E-state index is 0.635. The highest BCUT2D eigenvalue weighted by Crippen LogP contribution is 2.20. The van der Waals surface area contributed by atoms with Gasteiger partial charge in [-0.15, -0.1) is 0 Å². The molecule has 0 aliphatic rings. The standard InChI is InChI=1S/C17H14N6O/c1-24-14-4-2-12(3-5-14)8-15-21-17-16(13-9-18-11-19-10-13)20-6-7-23(17)22-15/h2-7,9-11H,8H2,1H3. The monoisotopic (exact) mass is 318 g/mol. The molecule has 0 fully saturated rings. The summed E-state index contributed by atoms with van der Waals surface area (Å²) in [6, 6.07) is 7.88. The number of ether oxygens (including phenoxy) is 1. The van der Waals surface area contributed by atoms with Crippen molar-refractivity contribution in [3.63, 3.8) is 0 Å². The van der Waals surface area contributed by atoms with Crippen LogP contribution >= 0.6 is 0 Å². The molecule has 7 nitrogen and oxygen atoms in total. The molecular weight excluding hydrogens is 304 g/mol. The van der Waals surface area contributed by atoms with Crippen LogP contribution in [0.5, 0.6) is 5.75 Å². The average Bonchev–Trinajstić information content (AvgIpc) is 3.05. The zero-order valence-corrected chi connectivity index (χ0v) is 13.0. The van der Waals surface area contributed by atoms with Crippen molar-refractivity contribution in [2.75, 3.05) is 7.11 Å². The first-order valence-corrected chi connectivity index (χ1v) is 7.42. The van der Waals surface area contributed by atoms with Crippen molar-refractivity contribution in [3.05, 3.63) is 66.8 Å². The molecule has 0 saturated carbocycles. The maximum absolute atomic E-state index is 5.18. The molecule has 0 spiro atoms. The number of methoxy groups -OCH3 is 1. The second-order valence-corrected chi connectivity index (χ2v) is 5.22. The molecule has 0 atom stereocenters. The van der Waals surface area contributed by atoms with Gasteiger partial charge in [-0.25, -0.2) is 19.5 Å². The Morgan fingerprint density at radius 1 is 1.08 bits per heavy atom. The van der Waals surface area contributed by atoms with Gasteiger partial charge in [-0.1, -0.05) is 12.1 Å². The smallest absolute Gasteiger partial charge is 0.182 e. The summed E-state index contributed by atoms with van der Waals surface area (Å²) >= 11 is 0. The van der Waals surface area contributed by atoms with Gasteiger partial charge in [0.2, 0.25) is 0 Å². The van der Waals surface area contributed by atoms with Crippen LogP contribution in [0.25, 0.3) is 16.9 Å². The largest absolute Gasteiger partial charge is 0.497 e. The Morgan fingerprint density at radius 3 is 2.62 bits per heavy atom. The van der Waals surface area contributed by atoms with Crippen LogP contribution < -0.4 is 4.74 Å². The highest BCUT2D eigenvalue weighted by molar-refractivity contribution is 5.71. The summed E-state index contributed by atoms with van der Waals surface area (Å²) in [6.07, 6.45) is 9.04. The summed E-state index contributed by atoms with van der Waals surface area (Å²) in [5.41, 5.74) is 3.33. The molecule has 0 saturated heterocycles. The first kappa shape index (κ1) is 14.3. The maximum atomic E-state index is 5.18. The van der Waals surface area contributed by atoms with Crippen LogP contribution in [-0.4, -0.2) is 36.7 Å². The maximum Gasteiger partial charge on any atom is 0.182 e. The van der Waals surface area contributed by atoms with Gasteiger partial charge < -0.3 is 4.74 Å². The fourth-order valence-corrected chi connectivity index (χ4v) is 2.49. The Balaban J connectivity index is 1.70. The molecule has 7 heteroatoms. The number of nitrogens with zero attached hydrogens (tertiary/aromatic N) is 6. The number of benzene rings is 1. The molecule has 3 heterocycles. The van der Waals surface area contributed by atoms with Crippen LogP contribution in [0.2, 0.25) is 0 Å². The topological polar surface area (TPSA) is 78.1 Å². The van der Waals surface area contributed by atoms with Crippen molar-refractivity contribution in [2.24, 2.45) is 0 Å². The van der Waals surface area contributed by atoms with E-state index >= 15 is 0 Å². The molecule has 0 N–H and O–H groups in total. The highest BCUT2D eigenvalue weighted by atomic mass is 16.5. The quantitative estimate of drug-likeness (QED) is 0.574. The minimum Gasteiger partial charge on any atom is -0.497 e. The molecular formula is C17H14N6O. The van der Waals surface area contributed by atoms with E-state index < -0.39 is 0 Å². The van der Waals surface area contributed by atoms with E-state index in [0.29, 0.717) is 17.8 Å². The predicted molar refractivity (Wildman–Crippen MR) is 87.6 cm³/mol. The highest BCUT2D eigenvalue weighted by Gasteiger charge is 2.12. The Hall–Kier alpha value is -3.35. The van der Waals surface area contributed by atoms with Gasteiger partial charge in [0.1, 0.15) is 17.8 Å². The van der Waals surface area contributed by atoms with Gasteiger partial charge in [0.15, 0.2) is 11.5 Å². The van der Waals surface area contributed by atoms with Gasteiger partial charge in [0, 0.05) is 36.8 Å². The van der Waals surface area contributed by atoms with Crippen molar-refractivity contribution >= 4 is 5.65 Å². The molecule has 0 radical (unpaired) electrons. The van der Waals surface area contributed by atoms with E-state index in [0.717, 1.165) is 22.7 Å². The van der Waals surface area contributed by atoms with E-state index in [2.05, 4.69) is 25.0 Å². The number of hydrogen-bond donors (Lipinski definition) is 0. The van der Waals surface area contributed by atoms with Crippen LogP contribution in [0.3, 0.4) is 0 Å². The number of aromatic nitrogens is 6. The summed E-state index contributed by atoms with van der Waals surface area (Å²) in [6.45, 7) is 0. The third kappa shape index (κ3) is 2.67. The normalized spacial score (nSPS) is 10.9. The Morgan fingerprint density at radius 2 is 1.88 bits per heavy atom. The average molecular weight is 318 g/mol. The van der Waals surface area contributed by atoms with Crippen molar-refractivity contribution in [1.82, 2.24) is 29.5 Å². The Bertz CT molecular complexity index is 965. The lowest BCUT2D eigenvalue weighted by atomic mass is 10.1. The number of fused-ring (bicyclic) bond motifs is 1. The van der Waals surface area contributed by atoms with E-state index in [4.69, 9.17) is 4.74 Å². The van der Waals surface area contributed by atoms with Gasteiger partial charge in [-0.05, 0) is 17.7 Å². The zero-order valence-electron chi connectivity index (χ0n) is 13.0. The fraction of sp³-hybridized carbons (Fsp3) is 0.118. The van der Waals surface area contributed by atoms with E-state index in [1.807, 2.05) is 24.3 Å². The van der Waals surface area contributed by atoms with Crippen LogP contribution in [0.1, 0.15) is 11.4 Å². The van der Waals surface area contributed by atoms with E-state index in [1.54, 1.807) is 36.4 Å². The Kier molecular flexibility index (Phi) is 3.59. The SMILES string of the molecule is COc1ccc(Cc2nc3c(-c4cncnc4)nccn3n2)cc1. The molecule has 24 heavy (non-hydrogen) atoms. The molecule has 0 amide bonds. The summed E-state index contributed by atoms with van der Waals surface area (Å²) in [5, 5.41) is 4.53. The van der Waals surface area contributed by atoms with Gasteiger partial charge in [-0.3, -0.25) is 4.98 Å². The van der Waals surface area contributed by atoms with Gasteiger partial charge in [-0.2, -0.15) is 5.10 Å². The Labute approximate surface area is 138 Å². The summed E-state index contributed by atoms with van der Waals surface area (Å²) < 4.78 is 6.91. The van der Waals surface area contributed by atoms with Gasteiger partial charge in [0.05, 0.1) is 7.11 Å². The lowest BCUT2D eigenvalue weighted by Gasteiger charge is -2.00. The summed E-state index contributed by atoms with van der Waals surface area (Å²) in [4.78, 5) is 17.1. The zero-order chi connectivity index (χ0) is 16.4. The minimum atomic E-state index is 0.635. The van der Waals surface area contributed by atoms with Crippen LogP contribution in [0.4, 0.5) is 0 Å². The molecule has 0 bridgehead atoms.